The van der Waals surface area contributed by atoms with E-state index in [4.69, 9.17) is 23.2 Å². The lowest BCUT2D eigenvalue weighted by Crippen LogP contribution is -2.19. The summed E-state index contributed by atoms with van der Waals surface area (Å²) in [7, 11) is 0. The first kappa shape index (κ1) is 14.6. The number of nitrogens with one attached hydrogen (secondary N) is 1. The molecule has 0 aromatic heterocycles. The van der Waals surface area contributed by atoms with E-state index in [1.807, 2.05) is 37.3 Å². The van der Waals surface area contributed by atoms with Crippen molar-refractivity contribution in [1.29, 1.82) is 0 Å². The highest BCUT2D eigenvalue weighted by atomic mass is 35.5. The Bertz CT molecular complexity index is 654. The van der Waals surface area contributed by atoms with Crippen molar-refractivity contribution >= 4 is 34.8 Å². The maximum Gasteiger partial charge on any atom is 0.271 e. The van der Waals surface area contributed by atoms with Crippen LogP contribution in [0.3, 0.4) is 0 Å². The van der Waals surface area contributed by atoms with E-state index in [0.29, 0.717) is 15.6 Å². The molecule has 1 amide bonds. The van der Waals surface area contributed by atoms with Crippen molar-refractivity contribution in [3.05, 3.63) is 69.7 Å². The van der Waals surface area contributed by atoms with Gasteiger partial charge in [0.15, 0.2) is 0 Å². The molecule has 0 bridgehead atoms. The van der Waals surface area contributed by atoms with Crippen LogP contribution in [0.1, 0.15) is 22.8 Å². The quantitative estimate of drug-likeness (QED) is 0.672. The second-order valence-electron chi connectivity index (χ2n) is 4.13. The first-order chi connectivity index (χ1) is 9.58. The van der Waals surface area contributed by atoms with Crippen molar-refractivity contribution in [2.45, 2.75) is 6.92 Å². The molecule has 0 saturated heterocycles. The highest BCUT2D eigenvalue weighted by Crippen LogP contribution is 2.22. The summed E-state index contributed by atoms with van der Waals surface area (Å²) >= 11 is 11.7. The molecule has 0 aliphatic heterocycles. The monoisotopic (exact) mass is 306 g/mol. The highest BCUT2D eigenvalue weighted by Gasteiger charge is 2.07. The average Bonchev–Trinajstić information content (AvgIpc) is 2.48. The van der Waals surface area contributed by atoms with E-state index in [9.17, 15) is 4.79 Å². The van der Waals surface area contributed by atoms with Gasteiger partial charge >= 0.3 is 0 Å². The molecule has 2 rings (SSSR count). The van der Waals surface area contributed by atoms with E-state index >= 15 is 0 Å². The number of hydrogen-bond donors (Lipinski definition) is 1. The van der Waals surface area contributed by atoms with E-state index in [1.54, 1.807) is 12.1 Å². The third-order valence-electron chi connectivity index (χ3n) is 2.70. The summed E-state index contributed by atoms with van der Waals surface area (Å²) < 4.78 is 0. The van der Waals surface area contributed by atoms with Crippen LogP contribution in [0.25, 0.3) is 0 Å². The number of nitrogens with zero attached hydrogens (tertiary/aromatic N) is 1. The lowest BCUT2D eigenvalue weighted by molar-refractivity contribution is 0.0955. The predicted octanol–water partition coefficient (Wildman–Crippen LogP) is 4.15. The average molecular weight is 307 g/mol. The Balaban J connectivity index is 2.10. The van der Waals surface area contributed by atoms with Crippen LogP contribution in [0.15, 0.2) is 53.6 Å². The van der Waals surface area contributed by atoms with Crippen LogP contribution in [0.4, 0.5) is 0 Å². The fraction of sp³-hybridized carbons (Fsp3) is 0.0667. The lowest BCUT2D eigenvalue weighted by Gasteiger charge is -2.04. The number of rotatable bonds is 3. The van der Waals surface area contributed by atoms with Gasteiger partial charge in [0.2, 0.25) is 0 Å². The third kappa shape index (κ3) is 3.59. The number of hydrogen-bond acceptors (Lipinski definition) is 2. The molecule has 0 fully saturated rings. The molecule has 3 nitrogen and oxygen atoms in total. The van der Waals surface area contributed by atoms with E-state index in [0.717, 1.165) is 11.3 Å². The smallest absolute Gasteiger partial charge is 0.267 e. The minimum Gasteiger partial charge on any atom is -0.267 e. The zero-order valence-electron chi connectivity index (χ0n) is 10.7. The number of amides is 1. The Morgan fingerprint density at radius 3 is 2.35 bits per heavy atom. The fourth-order valence-corrected chi connectivity index (χ4v) is 1.88. The van der Waals surface area contributed by atoms with Gasteiger partial charge in [-0.3, -0.25) is 4.79 Å². The van der Waals surface area contributed by atoms with Crippen LogP contribution < -0.4 is 5.43 Å². The molecule has 0 aliphatic rings. The Morgan fingerprint density at radius 2 is 1.70 bits per heavy atom. The van der Waals surface area contributed by atoms with E-state index in [1.165, 1.54) is 6.07 Å². The zero-order chi connectivity index (χ0) is 14.5. The minimum atomic E-state index is -0.334. The van der Waals surface area contributed by atoms with Gasteiger partial charge in [0.1, 0.15) is 0 Å². The van der Waals surface area contributed by atoms with Crippen LogP contribution >= 0.6 is 23.2 Å². The molecular formula is C15H12Cl2N2O. The van der Waals surface area contributed by atoms with Crippen molar-refractivity contribution in [3.8, 4) is 0 Å². The van der Waals surface area contributed by atoms with Crippen molar-refractivity contribution in [3.63, 3.8) is 0 Å². The van der Waals surface area contributed by atoms with Gasteiger partial charge in [-0.2, -0.15) is 5.10 Å². The largest absolute Gasteiger partial charge is 0.271 e. The van der Waals surface area contributed by atoms with E-state index in [2.05, 4.69) is 10.5 Å². The molecule has 0 aliphatic carbocycles. The molecule has 2 aromatic rings. The molecule has 0 heterocycles. The minimum absolute atomic E-state index is 0.334. The van der Waals surface area contributed by atoms with Crippen LogP contribution in [-0.4, -0.2) is 11.6 Å². The standard InChI is InChI=1S/C15H12Cl2N2O/c1-10(11-5-3-2-4-6-11)18-19-15(20)12-7-8-13(16)14(17)9-12/h2-9H,1H3,(H,19,20). The highest BCUT2D eigenvalue weighted by molar-refractivity contribution is 6.42. The van der Waals surface area contributed by atoms with Crippen molar-refractivity contribution < 1.29 is 4.79 Å². The van der Waals surface area contributed by atoms with Gasteiger partial charge in [0, 0.05) is 5.56 Å². The summed E-state index contributed by atoms with van der Waals surface area (Å²) in [5, 5.41) is 4.81. The Kier molecular flexibility index (Phi) is 4.77. The van der Waals surface area contributed by atoms with Crippen LogP contribution in [0.5, 0.6) is 0 Å². The molecule has 0 unspecified atom stereocenters. The summed E-state index contributed by atoms with van der Waals surface area (Å²) in [5.74, 6) is -0.334. The summed E-state index contributed by atoms with van der Waals surface area (Å²) in [4.78, 5) is 11.9. The van der Waals surface area contributed by atoms with Gasteiger partial charge in [-0.05, 0) is 30.7 Å². The topological polar surface area (TPSA) is 41.5 Å². The van der Waals surface area contributed by atoms with Crippen molar-refractivity contribution in [2.24, 2.45) is 5.10 Å². The summed E-state index contributed by atoms with van der Waals surface area (Å²) in [6.45, 7) is 1.82. The van der Waals surface area contributed by atoms with Crippen LogP contribution in [0, 0.1) is 0 Å². The first-order valence-electron chi connectivity index (χ1n) is 5.93. The van der Waals surface area contributed by atoms with Gasteiger partial charge in [-0.1, -0.05) is 53.5 Å². The SMILES string of the molecule is CC(=NNC(=O)c1ccc(Cl)c(Cl)c1)c1ccccc1. The Labute approximate surface area is 127 Å². The van der Waals surface area contributed by atoms with Crippen molar-refractivity contribution in [2.75, 3.05) is 0 Å². The number of carbonyl (C=O) groups is 1. The molecule has 20 heavy (non-hydrogen) atoms. The molecule has 5 heteroatoms. The van der Waals surface area contributed by atoms with Crippen LogP contribution in [0.2, 0.25) is 10.0 Å². The predicted molar refractivity (Wildman–Crippen MR) is 82.6 cm³/mol. The Morgan fingerprint density at radius 1 is 1.00 bits per heavy atom. The number of halogens is 2. The molecule has 0 atom stereocenters. The van der Waals surface area contributed by atoms with Gasteiger partial charge in [-0.25, -0.2) is 5.43 Å². The molecule has 2 aromatic carbocycles. The Hall–Kier alpha value is -1.84. The summed E-state index contributed by atoms with van der Waals surface area (Å²) in [5.41, 5.74) is 4.57. The van der Waals surface area contributed by atoms with Gasteiger partial charge in [-0.15, -0.1) is 0 Å². The number of benzene rings is 2. The molecule has 1 N–H and O–H groups in total. The van der Waals surface area contributed by atoms with Crippen molar-refractivity contribution in [1.82, 2.24) is 5.43 Å². The maximum atomic E-state index is 11.9. The third-order valence-corrected chi connectivity index (χ3v) is 3.44. The summed E-state index contributed by atoms with van der Waals surface area (Å²) in [6.07, 6.45) is 0. The normalized spacial score (nSPS) is 11.2. The second kappa shape index (κ2) is 6.55. The van der Waals surface area contributed by atoms with Crippen LogP contribution in [-0.2, 0) is 0 Å². The van der Waals surface area contributed by atoms with Gasteiger partial charge in [0.25, 0.3) is 5.91 Å². The molecular weight excluding hydrogens is 295 g/mol. The first-order valence-corrected chi connectivity index (χ1v) is 6.68. The molecule has 0 radical (unpaired) electrons. The second-order valence-corrected chi connectivity index (χ2v) is 4.95. The van der Waals surface area contributed by atoms with E-state index < -0.39 is 0 Å². The maximum absolute atomic E-state index is 11.9. The van der Waals surface area contributed by atoms with E-state index in [-0.39, 0.29) is 5.91 Å². The molecule has 0 spiro atoms. The number of carbonyl (C=O) groups excluding carboxylic acids is 1. The molecule has 0 saturated carbocycles. The fourth-order valence-electron chi connectivity index (χ4n) is 1.58. The lowest BCUT2D eigenvalue weighted by atomic mass is 10.1. The van der Waals surface area contributed by atoms with Gasteiger partial charge in [0.05, 0.1) is 15.8 Å². The molecule has 102 valence electrons. The number of hydrazone groups is 1. The van der Waals surface area contributed by atoms with Gasteiger partial charge < -0.3 is 0 Å². The summed E-state index contributed by atoms with van der Waals surface area (Å²) in [6, 6.07) is 14.3. The zero-order valence-corrected chi connectivity index (χ0v) is 12.2.